The maximum absolute atomic E-state index is 10.7. The molecule has 0 aliphatic rings. The highest BCUT2D eigenvalue weighted by Crippen LogP contribution is 2.16. The molecule has 12 heavy (non-hydrogen) atoms. The van der Waals surface area contributed by atoms with Gasteiger partial charge in [-0.05, 0) is 11.4 Å². The second kappa shape index (κ2) is 3.55. The summed E-state index contributed by atoms with van der Waals surface area (Å²) in [6.45, 7) is 0. The summed E-state index contributed by atoms with van der Waals surface area (Å²) in [5.74, 6) is -0.590. The van der Waals surface area contributed by atoms with Crippen LogP contribution in [0.1, 0.15) is 10.4 Å². The third-order valence-corrected chi connectivity index (χ3v) is 1.97. The lowest BCUT2D eigenvalue weighted by Crippen LogP contribution is -2.10. The minimum Gasteiger partial charge on any atom is -0.496 e. The number of carboxylic acids is 1. The molecule has 4 heteroatoms. The third-order valence-electron chi connectivity index (χ3n) is 1.49. The predicted molar refractivity (Wildman–Crippen MR) is 49.3 cm³/mol. The Hall–Kier alpha value is -1.08. The second-order valence-electron chi connectivity index (χ2n) is 2.23. The van der Waals surface area contributed by atoms with E-state index < -0.39 is 5.97 Å². The zero-order chi connectivity index (χ0) is 9.14. The molecule has 3 nitrogen and oxygen atoms in total. The standard InChI is InChI=1S/C8H9O3P/c1-11-5-3-2-4-6(12)7(5)8(9)10/h2-4H,12H2,1H3,(H,9,10). The SMILES string of the molecule is COc1cccc(P)c1C(=O)O. The predicted octanol–water partition coefficient (Wildman–Crippen LogP) is 0.894. The number of hydrogen-bond acceptors (Lipinski definition) is 2. The Morgan fingerprint density at radius 2 is 2.25 bits per heavy atom. The molecule has 1 N–H and O–H groups in total. The molecular weight excluding hydrogens is 175 g/mol. The van der Waals surface area contributed by atoms with Gasteiger partial charge in [0.05, 0.1) is 7.11 Å². The monoisotopic (exact) mass is 184 g/mol. The summed E-state index contributed by atoms with van der Waals surface area (Å²) in [6.07, 6.45) is 0. The molecule has 0 aromatic heterocycles. The van der Waals surface area contributed by atoms with Gasteiger partial charge in [0.15, 0.2) is 0 Å². The first-order chi connectivity index (χ1) is 5.66. The van der Waals surface area contributed by atoms with Crippen LogP contribution in [0.25, 0.3) is 0 Å². The van der Waals surface area contributed by atoms with Gasteiger partial charge in [-0.1, -0.05) is 12.1 Å². The van der Waals surface area contributed by atoms with Crippen LogP contribution in [-0.4, -0.2) is 18.2 Å². The van der Waals surface area contributed by atoms with E-state index in [0.29, 0.717) is 11.1 Å². The van der Waals surface area contributed by atoms with Gasteiger partial charge >= 0.3 is 5.97 Å². The molecule has 0 saturated heterocycles. The van der Waals surface area contributed by atoms with Crippen molar-refractivity contribution in [3.8, 4) is 5.75 Å². The Morgan fingerprint density at radius 1 is 1.58 bits per heavy atom. The van der Waals surface area contributed by atoms with Crippen molar-refractivity contribution in [1.82, 2.24) is 0 Å². The van der Waals surface area contributed by atoms with Gasteiger partial charge in [0.25, 0.3) is 0 Å². The lowest BCUT2D eigenvalue weighted by Gasteiger charge is -2.05. The van der Waals surface area contributed by atoms with Crippen molar-refractivity contribution in [1.29, 1.82) is 0 Å². The maximum Gasteiger partial charge on any atom is 0.340 e. The first-order valence-electron chi connectivity index (χ1n) is 3.32. The van der Waals surface area contributed by atoms with Crippen molar-refractivity contribution in [2.75, 3.05) is 7.11 Å². The Kier molecular flexibility index (Phi) is 2.66. The number of hydrogen-bond donors (Lipinski definition) is 1. The Morgan fingerprint density at radius 3 is 2.67 bits per heavy atom. The van der Waals surface area contributed by atoms with Gasteiger partial charge in [-0.25, -0.2) is 4.79 Å². The van der Waals surface area contributed by atoms with Crippen LogP contribution in [0.5, 0.6) is 5.75 Å². The fourth-order valence-corrected chi connectivity index (χ4v) is 1.32. The zero-order valence-corrected chi connectivity index (χ0v) is 7.73. The Labute approximate surface area is 72.6 Å². The third kappa shape index (κ3) is 1.56. The van der Waals surface area contributed by atoms with Crippen LogP contribution in [0, 0.1) is 0 Å². The second-order valence-corrected chi connectivity index (χ2v) is 2.85. The number of methoxy groups -OCH3 is 1. The topological polar surface area (TPSA) is 46.5 Å². The van der Waals surface area contributed by atoms with Crippen molar-refractivity contribution < 1.29 is 14.6 Å². The van der Waals surface area contributed by atoms with Crippen LogP contribution in [0.15, 0.2) is 18.2 Å². The Balaban J connectivity index is 3.29. The molecule has 0 saturated carbocycles. The van der Waals surface area contributed by atoms with E-state index in [-0.39, 0.29) is 5.56 Å². The molecule has 0 radical (unpaired) electrons. The molecule has 0 amide bonds. The summed E-state index contributed by atoms with van der Waals surface area (Å²) in [5.41, 5.74) is 0.199. The van der Waals surface area contributed by atoms with Crippen molar-refractivity contribution >= 4 is 20.5 Å². The molecule has 0 spiro atoms. The number of aromatic carboxylic acids is 1. The van der Waals surface area contributed by atoms with E-state index in [2.05, 4.69) is 9.24 Å². The molecule has 1 atom stereocenters. The number of carboxylic acid groups (broad SMARTS) is 1. The minimum absolute atomic E-state index is 0.199. The van der Waals surface area contributed by atoms with Gasteiger partial charge in [-0.2, -0.15) is 0 Å². The molecule has 64 valence electrons. The summed E-state index contributed by atoms with van der Waals surface area (Å²) in [7, 11) is 3.81. The van der Waals surface area contributed by atoms with Gasteiger partial charge < -0.3 is 9.84 Å². The fraction of sp³-hybridized carbons (Fsp3) is 0.125. The van der Waals surface area contributed by atoms with Gasteiger partial charge in [-0.15, -0.1) is 9.24 Å². The summed E-state index contributed by atoms with van der Waals surface area (Å²) in [6, 6.07) is 5.07. The molecule has 0 heterocycles. The van der Waals surface area contributed by atoms with E-state index >= 15 is 0 Å². The molecule has 0 bridgehead atoms. The highest BCUT2D eigenvalue weighted by Gasteiger charge is 2.12. The van der Waals surface area contributed by atoms with Gasteiger partial charge in [0, 0.05) is 0 Å². The maximum atomic E-state index is 10.7. The highest BCUT2D eigenvalue weighted by atomic mass is 31.0. The Bertz CT molecular complexity index is 309. The lowest BCUT2D eigenvalue weighted by atomic mass is 10.2. The van der Waals surface area contributed by atoms with E-state index in [1.54, 1.807) is 18.2 Å². The summed E-state index contributed by atoms with van der Waals surface area (Å²) >= 11 is 0. The first kappa shape index (κ1) is 9.01. The van der Waals surface area contributed by atoms with Crippen LogP contribution in [0.4, 0.5) is 0 Å². The van der Waals surface area contributed by atoms with Crippen molar-refractivity contribution in [3.05, 3.63) is 23.8 Å². The average Bonchev–Trinajstić information content (AvgIpc) is 2.03. The highest BCUT2D eigenvalue weighted by molar-refractivity contribution is 7.27. The van der Waals surface area contributed by atoms with Crippen LogP contribution in [0.3, 0.4) is 0 Å². The average molecular weight is 184 g/mol. The molecule has 0 aliphatic heterocycles. The van der Waals surface area contributed by atoms with E-state index in [9.17, 15) is 4.79 Å². The molecule has 1 aromatic carbocycles. The number of carbonyl (C=O) groups is 1. The largest absolute Gasteiger partial charge is 0.496 e. The van der Waals surface area contributed by atoms with Crippen LogP contribution in [0.2, 0.25) is 0 Å². The molecule has 0 aliphatic carbocycles. The lowest BCUT2D eigenvalue weighted by molar-refractivity contribution is 0.0695. The summed E-state index contributed by atoms with van der Waals surface area (Å²) in [5, 5.41) is 9.41. The normalized spacial score (nSPS) is 9.50. The van der Waals surface area contributed by atoms with Gasteiger partial charge in [0.2, 0.25) is 0 Å². The molecule has 1 unspecified atom stereocenters. The summed E-state index contributed by atoms with van der Waals surface area (Å²) < 4.78 is 4.89. The summed E-state index contributed by atoms with van der Waals surface area (Å²) in [4.78, 5) is 10.7. The van der Waals surface area contributed by atoms with E-state index in [1.807, 2.05) is 0 Å². The number of rotatable bonds is 2. The van der Waals surface area contributed by atoms with Crippen LogP contribution >= 0.6 is 9.24 Å². The quantitative estimate of drug-likeness (QED) is 0.694. The fourth-order valence-electron chi connectivity index (χ4n) is 0.947. The van der Waals surface area contributed by atoms with Crippen molar-refractivity contribution in [2.24, 2.45) is 0 Å². The molecule has 1 rings (SSSR count). The van der Waals surface area contributed by atoms with E-state index in [0.717, 1.165) is 0 Å². The van der Waals surface area contributed by atoms with E-state index in [1.165, 1.54) is 7.11 Å². The molecule has 0 fully saturated rings. The van der Waals surface area contributed by atoms with Crippen LogP contribution < -0.4 is 10.0 Å². The van der Waals surface area contributed by atoms with Gasteiger partial charge in [-0.3, -0.25) is 0 Å². The van der Waals surface area contributed by atoms with Crippen molar-refractivity contribution in [3.63, 3.8) is 0 Å². The van der Waals surface area contributed by atoms with Gasteiger partial charge in [0.1, 0.15) is 11.3 Å². The number of benzene rings is 1. The zero-order valence-electron chi connectivity index (χ0n) is 6.57. The first-order valence-corrected chi connectivity index (χ1v) is 3.90. The molecule has 1 aromatic rings. The molecular formula is C8H9O3P. The smallest absolute Gasteiger partial charge is 0.340 e. The number of ether oxygens (including phenoxy) is 1. The van der Waals surface area contributed by atoms with E-state index in [4.69, 9.17) is 9.84 Å². The minimum atomic E-state index is -0.975. The van der Waals surface area contributed by atoms with Crippen LogP contribution in [-0.2, 0) is 0 Å². The van der Waals surface area contributed by atoms with Crippen molar-refractivity contribution in [2.45, 2.75) is 0 Å².